The summed E-state index contributed by atoms with van der Waals surface area (Å²) in [7, 11) is 0. The first-order chi connectivity index (χ1) is 9.72. The molecule has 0 saturated heterocycles. The van der Waals surface area contributed by atoms with Crippen molar-refractivity contribution in [1.82, 2.24) is 10.3 Å². The number of thiazole rings is 1. The Hall–Kier alpha value is -0.610. The zero-order valence-corrected chi connectivity index (χ0v) is 14.5. The Morgan fingerprint density at radius 2 is 1.70 bits per heavy atom. The van der Waals surface area contributed by atoms with Crippen LogP contribution in [-0.2, 0) is 6.54 Å². The van der Waals surface area contributed by atoms with Crippen LogP contribution < -0.4 is 10.2 Å². The number of aryl methyl sites for hydroxylation is 1. The second kappa shape index (κ2) is 10.2. The summed E-state index contributed by atoms with van der Waals surface area (Å²) in [4.78, 5) is 8.67. The smallest absolute Gasteiger partial charge is 0.185 e. The number of unbranched alkanes of at least 4 members (excludes halogenated alkanes) is 2. The molecule has 0 bridgehead atoms. The van der Waals surface area contributed by atoms with Crippen molar-refractivity contribution in [2.24, 2.45) is 0 Å². The Labute approximate surface area is 128 Å². The van der Waals surface area contributed by atoms with Gasteiger partial charge in [0.25, 0.3) is 0 Å². The Morgan fingerprint density at radius 1 is 1.05 bits per heavy atom. The van der Waals surface area contributed by atoms with E-state index >= 15 is 0 Å². The first-order valence-electron chi connectivity index (χ1n) is 8.14. The largest absolute Gasteiger partial charge is 0.348 e. The number of aromatic nitrogens is 1. The predicted molar refractivity (Wildman–Crippen MR) is 90.9 cm³/mol. The lowest BCUT2D eigenvalue weighted by atomic mass is 10.3. The highest BCUT2D eigenvalue weighted by Crippen LogP contribution is 2.26. The van der Waals surface area contributed by atoms with Gasteiger partial charge in [-0.1, -0.05) is 33.6 Å². The monoisotopic (exact) mass is 297 g/mol. The molecule has 0 aromatic carbocycles. The van der Waals surface area contributed by atoms with Gasteiger partial charge in [0, 0.05) is 24.5 Å². The number of hydrogen-bond donors (Lipinski definition) is 1. The third-order valence-electron chi connectivity index (χ3n) is 3.43. The third-order valence-corrected chi connectivity index (χ3v) is 4.65. The fraction of sp³-hybridized carbons (Fsp3) is 0.812. The number of nitrogens with one attached hydrogen (secondary N) is 1. The summed E-state index contributed by atoms with van der Waals surface area (Å²) in [5.41, 5.74) is 1.20. The maximum atomic E-state index is 4.80. The molecule has 3 nitrogen and oxygen atoms in total. The van der Waals surface area contributed by atoms with E-state index < -0.39 is 0 Å². The van der Waals surface area contributed by atoms with Crippen LogP contribution in [0.2, 0.25) is 0 Å². The highest BCUT2D eigenvalue weighted by atomic mass is 32.1. The number of rotatable bonds is 11. The highest BCUT2D eigenvalue weighted by molar-refractivity contribution is 7.15. The van der Waals surface area contributed by atoms with E-state index in [1.54, 1.807) is 0 Å². The van der Waals surface area contributed by atoms with E-state index in [2.05, 4.69) is 37.9 Å². The van der Waals surface area contributed by atoms with Crippen molar-refractivity contribution in [2.45, 2.75) is 66.3 Å². The Kier molecular flexibility index (Phi) is 8.86. The van der Waals surface area contributed by atoms with Gasteiger partial charge in [0.05, 0.1) is 5.69 Å². The summed E-state index contributed by atoms with van der Waals surface area (Å²) in [6.45, 7) is 13.2. The molecule has 4 heteroatoms. The average molecular weight is 298 g/mol. The molecule has 1 heterocycles. The Morgan fingerprint density at radius 3 is 2.25 bits per heavy atom. The SMILES string of the molecule is CCCCN(CCCC)c1nc(C)c(CNCCC)s1. The Balaban J connectivity index is 2.66. The van der Waals surface area contributed by atoms with Gasteiger partial charge in [-0.15, -0.1) is 11.3 Å². The maximum absolute atomic E-state index is 4.80. The van der Waals surface area contributed by atoms with Gasteiger partial charge in [-0.25, -0.2) is 4.98 Å². The van der Waals surface area contributed by atoms with Gasteiger partial charge in [0.1, 0.15) is 0 Å². The van der Waals surface area contributed by atoms with Crippen LogP contribution in [-0.4, -0.2) is 24.6 Å². The summed E-state index contributed by atoms with van der Waals surface area (Å²) in [6, 6.07) is 0. The van der Waals surface area contributed by atoms with Gasteiger partial charge in [0.2, 0.25) is 0 Å². The molecular weight excluding hydrogens is 266 g/mol. The van der Waals surface area contributed by atoms with Crippen molar-refractivity contribution in [2.75, 3.05) is 24.5 Å². The van der Waals surface area contributed by atoms with Crippen LogP contribution in [0.25, 0.3) is 0 Å². The lowest BCUT2D eigenvalue weighted by Crippen LogP contribution is -2.25. The Bertz CT molecular complexity index is 355. The first kappa shape index (κ1) is 17.4. The van der Waals surface area contributed by atoms with Crippen LogP contribution >= 0.6 is 11.3 Å². The van der Waals surface area contributed by atoms with Crippen molar-refractivity contribution in [3.63, 3.8) is 0 Å². The van der Waals surface area contributed by atoms with Crippen LogP contribution in [0.3, 0.4) is 0 Å². The molecule has 0 radical (unpaired) electrons. The van der Waals surface area contributed by atoms with Gasteiger partial charge in [-0.2, -0.15) is 0 Å². The normalized spacial score (nSPS) is 11.0. The second-order valence-electron chi connectivity index (χ2n) is 5.38. The topological polar surface area (TPSA) is 28.2 Å². The van der Waals surface area contributed by atoms with Crippen LogP contribution in [0.4, 0.5) is 5.13 Å². The lowest BCUT2D eigenvalue weighted by molar-refractivity contribution is 0.674. The quantitative estimate of drug-likeness (QED) is 0.615. The molecule has 0 spiro atoms. The van der Waals surface area contributed by atoms with Crippen molar-refractivity contribution in [3.05, 3.63) is 10.6 Å². The van der Waals surface area contributed by atoms with Gasteiger partial charge >= 0.3 is 0 Å². The standard InChI is InChI=1S/C16H31N3S/c1-5-8-11-19(12-9-6-2)16-18-14(4)15(20-16)13-17-10-7-3/h17H,5-13H2,1-4H3. The molecule has 20 heavy (non-hydrogen) atoms. The summed E-state index contributed by atoms with van der Waals surface area (Å²) < 4.78 is 0. The van der Waals surface area contributed by atoms with Crippen LogP contribution in [0.15, 0.2) is 0 Å². The molecule has 1 aromatic rings. The van der Waals surface area contributed by atoms with E-state index in [0.717, 1.165) is 26.2 Å². The molecule has 0 atom stereocenters. The lowest BCUT2D eigenvalue weighted by Gasteiger charge is -2.21. The first-order valence-corrected chi connectivity index (χ1v) is 8.96. The van der Waals surface area contributed by atoms with E-state index in [1.165, 1.54) is 47.8 Å². The number of hydrogen-bond acceptors (Lipinski definition) is 4. The molecule has 0 fully saturated rings. The van der Waals surface area contributed by atoms with E-state index in [1.807, 2.05) is 11.3 Å². The zero-order chi connectivity index (χ0) is 14.8. The molecule has 0 saturated carbocycles. The summed E-state index contributed by atoms with van der Waals surface area (Å²) in [5, 5.41) is 4.70. The predicted octanol–water partition coefficient (Wildman–Crippen LogP) is 4.36. The van der Waals surface area contributed by atoms with Crippen molar-refractivity contribution >= 4 is 16.5 Å². The number of nitrogens with zero attached hydrogens (tertiary/aromatic N) is 2. The van der Waals surface area contributed by atoms with Crippen molar-refractivity contribution < 1.29 is 0 Å². The highest BCUT2D eigenvalue weighted by Gasteiger charge is 2.13. The van der Waals surface area contributed by atoms with Gasteiger partial charge in [-0.05, 0) is 32.7 Å². The van der Waals surface area contributed by atoms with E-state index in [9.17, 15) is 0 Å². The maximum Gasteiger partial charge on any atom is 0.185 e. The zero-order valence-electron chi connectivity index (χ0n) is 13.7. The van der Waals surface area contributed by atoms with Crippen molar-refractivity contribution in [1.29, 1.82) is 0 Å². The molecule has 0 aliphatic heterocycles. The van der Waals surface area contributed by atoms with Crippen molar-refractivity contribution in [3.8, 4) is 0 Å². The molecule has 0 aliphatic carbocycles. The minimum Gasteiger partial charge on any atom is -0.348 e. The second-order valence-corrected chi connectivity index (χ2v) is 6.44. The molecule has 1 rings (SSSR count). The van der Waals surface area contributed by atoms with Crippen LogP contribution in [0.1, 0.15) is 63.4 Å². The van der Waals surface area contributed by atoms with E-state index in [-0.39, 0.29) is 0 Å². The van der Waals surface area contributed by atoms with Gasteiger partial charge in [0.15, 0.2) is 5.13 Å². The van der Waals surface area contributed by atoms with Gasteiger partial charge < -0.3 is 10.2 Å². The minimum absolute atomic E-state index is 0.965. The van der Waals surface area contributed by atoms with Crippen LogP contribution in [0.5, 0.6) is 0 Å². The molecule has 1 aromatic heterocycles. The number of anilines is 1. The molecule has 0 amide bonds. The average Bonchev–Trinajstić information content (AvgIpc) is 2.81. The fourth-order valence-electron chi connectivity index (χ4n) is 2.09. The molecule has 1 N–H and O–H groups in total. The molecule has 0 unspecified atom stereocenters. The molecule has 0 aliphatic rings. The summed E-state index contributed by atoms with van der Waals surface area (Å²) in [6.07, 6.45) is 6.19. The van der Waals surface area contributed by atoms with Gasteiger partial charge in [-0.3, -0.25) is 0 Å². The fourth-order valence-corrected chi connectivity index (χ4v) is 3.17. The van der Waals surface area contributed by atoms with E-state index in [4.69, 9.17) is 4.98 Å². The summed E-state index contributed by atoms with van der Waals surface area (Å²) in [5.74, 6) is 0. The van der Waals surface area contributed by atoms with Crippen LogP contribution in [0, 0.1) is 6.92 Å². The minimum atomic E-state index is 0.965. The van der Waals surface area contributed by atoms with E-state index in [0.29, 0.717) is 0 Å². The molecule has 116 valence electrons. The summed E-state index contributed by atoms with van der Waals surface area (Å²) >= 11 is 1.87. The third kappa shape index (κ3) is 5.80. The molecular formula is C16H31N3S.